The number of benzene rings is 1. The van der Waals surface area contributed by atoms with E-state index in [9.17, 15) is 9.59 Å². The second-order valence-electron chi connectivity index (χ2n) is 10.1. The maximum Gasteiger partial charge on any atom is 0.198 e. The molecule has 2 aromatic heterocycles. The van der Waals surface area contributed by atoms with Crippen LogP contribution in [0.3, 0.4) is 0 Å². The van der Waals surface area contributed by atoms with Crippen LogP contribution in [0.25, 0.3) is 5.65 Å². The van der Waals surface area contributed by atoms with Crippen molar-refractivity contribution in [2.75, 3.05) is 24.6 Å². The lowest BCUT2D eigenvalue weighted by molar-refractivity contribution is -0.139. The SMILES string of the molecule is CC1(C)C(=O)Cc2cc(Cc3nc4c(N5CCC6(CCC(=O)CO6)C5)nccn4n3)ccc21. The molecule has 1 aliphatic carbocycles. The minimum Gasteiger partial charge on any atom is -0.365 e. The summed E-state index contributed by atoms with van der Waals surface area (Å²) >= 11 is 0. The van der Waals surface area contributed by atoms with Crippen molar-refractivity contribution in [3.05, 3.63) is 53.1 Å². The van der Waals surface area contributed by atoms with Gasteiger partial charge in [0.2, 0.25) is 0 Å². The van der Waals surface area contributed by atoms with Crippen molar-refractivity contribution in [2.45, 2.75) is 57.0 Å². The third-order valence-electron chi connectivity index (χ3n) is 7.55. The Hall–Kier alpha value is -3.13. The third-order valence-corrected chi connectivity index (χ3v) is 7.55. The molecule has 1 unspecified atom stereocenters. The highest BCUT2D eigenvalue weighted by atomic mass is 16.5. The number of hydrogen-bond donors (Lipinski definition) is 0. The minimum absolute atomic E-state index is 0.181. The largest absolute Gasteiger partial charge is 0.365 e. The maximum atomic E-state index is 12.4. The summed E-state index contributed by atoms with van der Waals surface area (Å²) in [4.78, 5) is 35.6. The predicted octanol–water partition coefficient (Wildman–Crippen LogP) is 2.45. The van der Waals surface area contributed by atoms with E-state index in [2.05, 4.69) is 33.2 Å². The molecule has 3 aliphatic rings. The van der Waals surface area contributed by atoms with Crippen LogP contribution in [-0.4, -0.2) is 56.4 Å². The van der Waals surface area contributed by atoms with Crippen LogP contribution >= 0.6 is 0 Å². The zero-order valence-electron chi connectivity index (χ0n) is 19.0. The van der Waals surface area contributed by atoms with E-state index in [1.165, 1.54) is 0 Å². The number of carbonyl (C=O) groups is 2. The second kappa shape index (κ2) is 7.18. The average Bonchev–Trinajstić information content (AvgIpc) is 3.45. The second-order valence-corrected chi connectivity index (χ2v) is 10.1. The average molecular weight is 446 g/mol. The number of carbonyl (C=O) groups excluding carboxylic acids is 2. The number of Topliss-reactive ketones (excluding diaryl/α,β-unsaturated/α-hetero) is 2. The van der Waals surface area contributed by atoms with Crippen LogP contribution in [0.4, 0.5) is 5.82 Å². The van der Waals surface area contributed by atoms with Gasteiger partial charge in [-0.15, -0.1) is 0 Å². The molecule has 0 radical (unpaired) electrons. The van der Waals surface area contributed by atoms with E-state index in [1.807, 2.05) is 20.0 Å². The van der Waals surface area contributed by atoms with Crippen LogP contribution in [0.5, 0.6) is 0 Å². The number of ether oxygens (including phenoxy) is 1. The van der Waals surface area contributed by atoms with Crippen molar-refractivity contribution < 1.29 is 14.3 Å². The van der Waals surface area contributed by atoms with Crippen molar-refractivity contribution in [1.82, 2.24) is 19.6 Å². The Kier molecular flexibility index (Phi) is 4.46. The lowest BCUT2D eigenvalue weighted by Crippen LogP contribution is -2.42. The van der Waals surface area contributed by atoms with Crippen LogP contribution in [0.15, 0.2) is 30.6 Å². The van der Waals surface area contributed by atoms with Gasteiger partial charge in [0.1, 0.15) is 12.4 Å². The standard InChI is InChI=1S/C25H27N5O3/c1-24(2)19-4-3-16(11-17(19)13-20(24)32)12-21-27-23-22(26-8-10-30(23)28-21)29-9-7-25(15-29)6-5-18(31)14-33-25/h3-4,8,10-11H,5-7,9,12-15H2,1-2H3. The monoisotopic (exact) mass is 445 g/mol. The van der Waals surface area contributed by atoms with Crippen LogP contribution in [0.2, 0.25) is 0 Å². The molecule has 8 nitrogen and oxygen atoms in total. The van der Waals surface area contributed by atoms with Gasteiger partial charge in [-0.05, 0) is 43.4 Å². The highest BCUT2D eigenvalue weighted by molar-refractivity contribution is 5.95. The van der Waals surface area contributed by atoms with E-state index in [1.54, 1.807) is 10.7 Å². The van der Waals surface area contributed by atoms with Crippen LogP contribution in [0.1, 0.15) is 55.6 Å². The molecule has 3 aromatic rings. The minimum atomic E-state index is -0.405. The van der Waals surface area contributed by atoms with Gasteiger partial charge < -0.3 is 9.64 Å². The summed E-state index contributed by atoms with van der Waals surface area (Å²) in [6, 6.07) is 6.28. The third kappa shape index (κ3) is 3.35. The number of nitrogens with zero attached hydrogens (tertiary/aromatic N) is 5. The molecule has 1 aromatic carbocycles. The lowest BCUT2D eigenvalue weighted by Gasteiger charge is -2.32. The molecule has 2 saturated heterocycles. The molecular weight excluding hydrogens is 418 g/mol. The summed E-state index contributed by atoms with van der Waals surface area (Å²) in [5.41, 5.74) is 3.40. The van der Waals surface area contributed by atoms with Crippen molar-refractivity contribution in [3.63, 3.8) is 0 Å². The lowest BCUT2D eigenvalue weighted by atomic mass is 9.85. The van der Waals surface area contributed by atoms with E-state index in [4.69, 9.17) is 9.72 Å². The summed E-state index contributed by atoms with van der Waals surface area (Å²) in [6.45, 7) is 5.74. The highest BCUT2D eigenvalue weighted by Crippen LogP contribution is 2.37. The molecule has 170 valence electrons. The molecule has 33 heavy (non-hydrogen) atoms. The van der Waals surface area contributed by atoms with Gasteiger partial charge in [0.05, 0.1) is 5.60 Å². The topological polar surface area (TPSA) is 89.7 Å². The molecule has 0 saturated carbocycles. The molecule has 8 heteroatoms. The van der Waals surface area contributed by atoms with Gasteiger partial charge in [-0.2, -0.15) is 5.10 Å². The first kappa shape index (κ1) is 20.5. The van der Waals surface area contributed by atoms with E-state index in [0.717, 1.165) is 53.4 Å². The van der Waals surface area contributed by atoms with Crippen molar-refractivity contribution in [2.24, 2.45) is 0 Å². The fourth-order valence-electron chi connectivity index (χ4n) is 5.48. The Balaban J connectivity index is 1.26. The van der Waals surface area contributed by atoms with Gasteiger partial charge in [0, 0.05) is 50.2 Å². The Morgan fingerprint density at radius 3 is 2.88 bits per heavy atom. The van der Waals surface area contributed by atoms with Gasteiger partial charge >= 0.3 is 0 Å². The number of anilines is 1. The Morgan fingerprint density at radius 1 is 1.18 bits per heavy atom. The summed E-state index contributed by atoms with van der Waals surface area (Å²) < 4.78 is 7.75. The van der Waals surface area contributed by atoms with Gasteiger partial charge in [-0.3, -0.25) is 9.59 Å². The number of aromatic nitrogens is 4. The molecule has 1 spiro atoms. The van der Waals surface area contributed by atoms with Crippen molar-refractivity contribution in [3.8, 4) is 0 Å². The van der Waals surface area contributed by atoms with E-state index < -0.39 is 5.41 Å². The first-order valence-electron chi connectivity index (χ1n) is 11.6. The Morgan fingerprint density at radius 2 is 2.06 bits per heavy atom. The number of hydrogen-bond acceptors (Lipinski definition) is 7. The molecule has 4 heterocycles. The smallest absolute Gasteiger partial charge is 0.198 e. The molecule has 0 N–H and O–H groups in total. The van der Waals surface area contributed by atoms with Crippen molar-refractivity contribution in [1.29, 1.82) is 0 Å². The summed E-state index contributed by atoms with van der Waals surface area (Å²) in [6.07, 6.45) is 6.89. The Bertz CT molecular complexity index is 1280. The first-order chi connectivity index (χ1) is 15.8. The fourth-order valence-corrected chi connectivity index (χ4v) is 5.48. The van der Waals surface area contributed by atoms with Gasteiger partial charge in [0.15, 0.2) is 23.1 Å². The zero-order valence-corrected chi connectivity index (χ0v) is 19.0. The van der Waals surface area contributed by atoms with Crippen LogP contribution < -0.4 is 4.90 Å². The zero-order chi connectivity index (χ0) is 22.8. The van der Waals surface area contributed by atoms with Gasteiger partial charge in [0.25, 0.3) is 0 Å². The van der Waals surface area contributed by atoms with Gasteiger partial charge in [-0.1, -0.05) is 18.2 Å². The van der Waals surface area contributed by atoms with E-state index in [-0.39, 0.29) is 23.8 Å². The quantitative estimate of drug-likeness (QED) is 0.612. The summed E-state index contributed by atoms with van der Waals surface area (Å²) in [5.74, 6) is 1.97. The maximum absolute atomic E-state index is 12.4. The van der Waals surface area contributed by atoms with Crippen LogP contribution in [-0.2, 0) is 32.6 Å². The highest BCUT2D eigenvalue weighted by Gasteiger charge is 2.43. The van der Waals surface area contributed by atoms with Crippen molar-refractivity contribution >= 4 is 23.0 Å². The molecule has 0 amide bonds. The normalized spacial score (nSPS) is 24.2. The molecule has 6 rings (SSSR count). The Labute approximate surface area is 192 Å². The first-order valence-corrected chi connectivity index (χ1v) is 11.6. The summed E-state index contributed by atoms with van der Waals surface area (Å²) in [5, 5.41) is 4.69. The molecule has 0 bridgehead atoms. The molecule has 2 aliphatic heterocycles. The molecule has 1 atom stereocenters. The number of ketones is 2. The molecule has 2 fully saturated rings. The summed E-state index contributed by atoms with van der Waals surface area (Å²) in [7, 11) is 0. The number of rotatable bonds is 3. The van der Waals surface area contributed by atoms with E-state index >= 15 is 0 Å². The van der Waals surface area contributed by atoms with E-state index in [0.29, 0.717) is 25.8 Å². The predicted molar refractivity (Wildman–Crippen MR) is 122 cm³/mol. The van der Waals surface area contributed by atoms with Crippen LogP contribution in [0, 0.1) is 0 Å². The molecular formula is C25H27N5O3. The van der Waals surface area contributed by atoms with Gasteiger partial charge in [-0.25, -0.2) is 14.5 Å². The fraction of sp³-hybridized carbons (Fsp3) is 0.480. The number of fused-ring (bicyclic) bond motifs is 2.